The fourth-order valence-corrected chi connectivity index (χ4v) is 2.64. The monoisotopic (exact) mass is 294 g/mol. The van der Waals surface area contributed by atoms with Crippen LogP contribution < -0.4 is 5.32 Å². The third-order valence-corrected chi connectivity index (χ3v) is 4.02. The van der Waals surface area contributed by atoms with Gasteiger partial charge in [-0.1, -0.05) is 0 Å². The molecule has 1 fully saturated rings. The second kappa shape index (κ2) is 6.85. The molecule has 1 amide bonds. The normalized spacial score (nSPS) is 16.8. The Balaban J connectivity index is 2.14. The molecule has 2 heterocycles. The number of nitrogens with one attached hydrogen (secondary N) is 1. The summed E-state index contributed by atoms with van der Waals surface area (Å²) in [7, 11) is 3.83. The molecule has 0 aromatic carbocycles. The molecule has 5 nitrogen and oxygen atoms in total. The van der Waals surface area contributed by atoms with Gasteiger partial charge in [-0.15, -0.1) is 0 Å². The number of likely N-dealkylation sites (tertiary alicyclic amines) is 1. The number of hydrogen-bond acceptors (Lipinski definition) is 4. The molecule has 1 saturated heterocycles. The highest BCUT2D eigenvalue weighted by Crippen LogP contribution is 2.20. The van der Waals surface area contributed by atoms with Crippen molar-refractivity contribution in [2.24, 2.45) is 0 Å². The Kier molecular flexibility index (Phi) is 5.12. The average Bonchev–Trinajstić information content (AvgIpc) is 2.49. The first-order valence-electron chi connectivity index (χ1n) is 7.38. The fourth-order valence-electron chi connectivity index (χ4n) is 2.64. The maximum absolute atomic E-state index is 14.3. The van der Waals surface area contributed by atoms with Gasteiger partial charge in [-0.2, -0.15) is 0 Å². The van der Waals surface area contributed by atoms with Gasteiger partial charge < -0.3 is 15.1 Å². The summed E-state index contributed by atoms with van der Waals surface area (Å²) < 4.78 is 14.3. The van der Waals surface area contributed by atoms with Crippen molar-refractivity contribution >= 4 is 11.7 Å². The number of carbonyl (C=O) groups is 1. The topological polar surface area (TPSA) is 48.5 Å². The van der Waals surface area contributed by atoms with Crippen molar-refractivity contribution in [2.45, 2.75) is 25.8 Å². The smallest absolute Gasteiger partial charge is 0.257 e. The number of rotatable bonds is 4. The van der Waals surface area contributed by atoms with E-state index in [1.165, 1.54) is 12.3 Å². The third-order valence-electron chi connectivity index (χ3n) is 4.02. The van der Waals surface area contributed by atoms with Gasteiger partial charge in [0.25, 0.3) is 5.91 Å². The number of pyridine rings is 1. The lowest BCUT2D eigenvalue weighted by Crippen LogP contribution is -2.44. The summed E-state index contributed by atoms with van der Waals surface area (Å²) in [6.45, 7) is 4.35. The number of carbonyl (C=O) groups excluding carboxylic acids is 1. The molecule has 0 aliphatic carbocycles. The number of anilines is 1. The highest BCUT2D eigenvalue weighted by Gasteiger charge is 2.27. The number of aromatic nitrogens is 1. The lowest BCUT2D eigenvalue weighted by Gasteiger charge is -2.35. The summed E-state index contributed by atoms with van der Waals surface area (Å²) in [6.07, 6.45) is 3.31. The molecule has 0 spiro atoms. The van der Waals surface area contributed by atoms with Gasteiger partial charge in [0.15, 0.2) is 11.6 Å². The van der Waals surface area contributed by atoms with Crippen LogP contribution in [0.4, 0.5) is 10.2 Å². The van der Waals surface area contributed by atoms with E-state index in [0.717, 1.165) is 25.9 Å². The number of amides is 1. The number of hydrogen-bond donors (Lipinski definition) is 1. The molecule has 1 N–H and O–H groups in total. The summed E-state index contributed by atoms with van der Waals surface area (Å²) >= 11 is 0. The average molecular weight is 294 g/mol. The van der Waals surface area contributed by atoms with Crippen molar-refractivity contribution in [3.05, 3.63) is 23.6 Å². The van der Waals surface area contributed by atoms with Gasteiger partial charge in [-0.05, 0) is 46.0 Å². The molecular formula is C15H23FN4O. The van der Waals surface area contributed by atoms with Crippen LogP contribution in [0.25, 0.3) is 0 Å². The highest BCUT2D eigenvalue weighted by atomic mass is 19.1. The van der Waals surface area contributed by atoms with Crippen LogP contribution in [0, 0.1) is 5.82 Å². The molecule has 116 valence electrons. The van der Waals surface area contributed by atoms with E-state index in [1.807, 2.05) is 6.92 Å². The third kappa shape index (κ3) is 3.50. The fraction of sp³-hybridized carbons (Fsp3) is 0.600. The molecule has 1 aromatic rings. The van der Waals surface area contributed by atoms with E-state index in [1.54, 1.807) is 11.9 Å². The molecule has 21 heavy (non-hydrogen) atoms. The Morgan fingerprint density at radius 3 is 2.81 bits per heavy atom. The molecule has 2 rings (SSSR count). The zero-order chi connectivity index (χ0) is 15.4. The standard InChI is InChI=1S/C15H23FN4O/c1-4-17-14-13(16)12(5-8-18-14)15(21)20(3)11-6-9-19(2)10-7-11/h5,8,11H,4,6-7,9-10H2,1-3H3,(H,17,18). The Morgan fingerprint density at radius 2 is 2.19 bits per heavy atom. The first-order valence-corrected chi connectivity index (χ1v) is 7.38. The molecule has 1 aliphatic rings. The summed E-state index contributed by atoms with van der Waals surface area (Å²) in [4.78, 5) is 20.4. The van der Waals surface area contributed by atoms with E-state index in [2.05, 4.69) is 22.2 Å². The van der Waals surface area contributed by atoms with Crippen LogP contribution in [0.15, 0.2) is 12.3 Å². The van der Waals surface area contributed by atoms with Crippen molar-refractivity contribution in [3.63, 3.8) is 0 Å². The maximum atomic E-state index is 14.3. The number of nitrogens with zero attached hydrogens (tertiary/aromatic N) is 3. The Hall–Kier alpha value is -1.69. The molecule has 1 aromatic heterocycles. The van der Waals surface area contributed by atoms with Gasteiger partial charge in [-0.3, -0.25) is 4.79 Å². The van der Waals surface area contributed by atoms with Gasteiger partial charge in [0.2, 0.25) is 0 Å². The molecule has 0 bridgehead atoms. The van der Waals surface area contributed by atoms with Crippen LogP contribution in [0.2, 0.25) is 0 Å². The first kappa shape index (κ1) is 15.7. The van der Waals surface area contributed by atoms with Crippen LogP contribution in [0.3, 0.4) is 0 Å². The van der Waals surface area contributed by atoms with E-state index in [9.17, 15) is 9.18 Å². The molecule has 0 radical (unpaired) electrons. The summed E-state index contributed by atoms with van der Waals surface area (Å²) in [5.74, 6) is -0.701. The zero-order valence-electron chi connectivity index (χ0n) is 12.9. The molecule has 0 saturated carbocycles. The van der Waals surface area contributed by atoms with Crippen molar-refractivity contribution in [1.82, 2.24) is 14.8 Å². The minimum absolute atomic E-state index is 0.0855. The molecule has 6 heteroatoms. The molecule has 1 aliphatic heterocycles. The predicted molar refractivity (Wildman–Crippen MR) is 81.0 cm³/mol. The van der Waals surface area contributed by atoms with Gasteiger partial charge in [-0.25, -0.2) is 9.37 Å². The maximum Gasteiger partial charge on any atom is 0.257 e. The van der Waals surface area contributed by atoms with Crippen molar-refractivity contribution < 1.29 is 9.18 Å². The van der Waals surface area contributed by atoms with Gasteiger partial charge in [0, 0.05) is 25.8 Å². The van der Waals surface area contributed by atoms with Crippen LogP contribution in [0.5, 0.6) is 0 Å². The first-order chi connectivity index (χ1) is 10.0. The van der Waals surface area contributed by atoms with Crippen LogP contribution >= 0.6 is 0 Å². The van der Waals surface area contributed by atoms with Crippen molar-refractivity contribution in [2.75, 3.05) is 39.0 Å². The quantitative estimate of drug-likeness (QED) is 0.920. The number of piperidine rings is 1. The largest absolute Gasteiger partial charge is 0.368 e. The molecule has 0 atom stereocenters. The lowest BCUT2D eigenvalue weighted by atomic mass is 10.0. The number of halogens is 1. The second-order valence-electron chi connectivity index (χ2n) is 5.50. The van der Waals surface area contributed by atoms with Crippen LogP contribution in [-0.4, -0.2) is 60.5 Å². The minimum atomic E-state index is -0.566. The second-order valence-corrected chi connectivity index (χ2v) is 5.50. The lowest BCUT2D eigenvalue weighted by molar-refractivity contribution is 0.0655. The van der Waals surface area contributed by atoms with E-state index in [0.29, 0.717) is 6.54 Å². The molecule has 0 unspecified atom stereocenters. The van der Waals surface area contributed by atoms with E-state index < -0.39 is 5.82 Å². The van der Waals surface area contributed by atoms with Crippen molar-refractivity contribution in [1.29, 1.82) is 0 Å². The Labute approximate surface area is 125 Å². The van der Waals surface area contributed by atoms with Gasteiger partial charge >= 0.3 is 0 Å². The van der Waals surface area contributed by atoms with E-state index >= 15 is 0 Å². The minimum Gasteiger partial charge on any atom is -0.368 e. The molecular weight excluding hydrogens is 271 g/mol. The van der Waals surface area contributed by atoms with Gasteiger partial charge in [0.1, 0.15) is 0 Å². The van der Waals surface area contributed by atoms with E-state index in [4.69, 9.17) is 0 Å². The zero-order valence-corrected chi connectivity index (χ0v) is 12.9. The van der Waals surface area contributed by atoms with Crippen molar-refractivity contribution in [3.8, 4) is 0 Å². The summed E-state index contributed by atoms with van der Waals surface area (Å²) in [5.41, 5.74) is 0.0855. The summed E-state index contributed by atoms with van der Waals surface area (Å²) in [5, 5.41) is 2.83. The summed E-state index contributed by atoms with van der Waals surface area (Å²) in [6, 6.07) is 1.62. The SMILES string of the molecule is CCNc1nccc(C(=O)N(C)C2CCN(C)CC2)c1F. The van der Waals surface area contributed by atoms with E-state index in [-0.39, 0.29) is 23.3 Å². The Bertz CT molecular complexity index is 500. The highest BCUT2D eigenvalue weighted by molar-refractivity contribution is 5.95. The predicted octanol–water partition coefficient (Wildman–Crippen LogP) is 1.82. The van der Waals surface area contributed by atoms with Crippen LogP contribution in [0.1, 0.15) is 30.1 Å². The Morgan fingerprint density at radius 1 is 1.52 bits per heavy atom. The van der Waals surface area contributed by atoms with Crippen LogP contribution in [-0.2, 0) is 0 Å². The van der Waals surface area contributed by atoms with Gasteiger partial charge in [0.05, 0.1) is 5.56 Å².